The van der Waals surface area contributed by atoms with Crippen molar-refractivity contribution >= 4 is 17.7 Å². The number of hydrogen-bond donors (Lipinski definition) is 2. The average molecular weight is 267 g/mol. The van der Waals surface area contributed by atoms with Gasteiger partial charge in [0.15, 0.2) is 0 Å². The summed E-state index contributed by atoms with van der Waals surface area (Å²) in [6.45, 7) is 3.69. The lowest BCUT2D eigenvalue weighted by Gasteiger charge is -2.06. The molecule has 0 aliphatic heterocycles. The summed E-state index contributed by atoms with van der Waals surface area (Å²) < 4.78 is 0. The number of aryl methyl sites for hydroxylation is 1. The second kappa shape index (κ2) is 6.57. The van der Waals surface area contributed by atoms with Crippen LogP contribution in [0.15, 0.2) is 55.1 Å². The molecule has 0 heterocycles. The van der Waals surface area contributed by atoms with Crippen molar-refractivity contribution in [3.8, 4) is 5.75 Å². The molecule has 0 aromatic heterocycles. The maximum Gasteiger partial charge on any atom is 0.224 e. The minimum absolute atomic E-state index is 0.0237. The van der Waals surface area contributed by atoms with Gasteiger partial charge in [0.25, 0.3) is 0 Å². The largest absolute Gasteiger partial charge is 0.508 e. The number of aromatic hydroxyl groups is 1. The van der Waals surface area contributed by atoms with E-state index in [1.807, 2.05) is 36.4 Å². The first-order chi connectivity index (χ1) is 9.67. The first kappa shape index (κ1) is 13.9. The molecule has 0 atom stereocenters. The van der Waals surface area contributed by atoms with E-state index >= 15 is 0 Å². The van der Waals surface area contributed by atoms with Gasteiger partial charge < -0.3 is 10.4 Å². The molecule has 0 fully saturated rings. The Balaban J connectivity index is 1.85. The second-order valence-corrected chi connectivity index (χ2v) is 4.54. The van der Waals surface area contributed by atoms with Gasteiger partial charge in [0.1, 0.15) is 5.75 Å². The minimum atomic E-state index is -0.0237. The molecule has 3 heteroatoms. The molecule has 0 spiro atoms. The van der Waals surface area contributed by atoms with Gasteiger partial charge in [0, 0.05) is 12.1 Å². The van der Waals surface area contributed by atoms with Crippen molar-refractivity contribution in [1.82, 2.24) is 0 Å². The second-order valence-electron chi connectivity index (χ2n) is 4.54. The third-order valence-electron chi connectivity index (χ3n) is 3.01. The maximum atomic E-state index is 11.8. The summed E-state index contributed by atoms with van der Waals surface area (Å²) in [7, 11) is 0. The summed E-state index contributed by atoms with van der Waals surface area (Å²) in [6, 6.07) is 14.4. The van der Waals surface area contributed by atoms with Crippen LogP contribution in [0.4, 0.5) is 5.69 Å². The third kappa shape index (κ3) is 3.99. The predicted octanol–water partition coefficient (Wildman–Crippen LogP) is 3.61. The zero-order valence-electron chi connectivity index (χ0n) is 11.2. The summed E-state index contributed by atoms with van der Waals surface area (Å²) >= 11 is 0. The summed E-state index contributed by atoms with van der Waals surface area (Å²) in [5, 5.41) is 12.0. The lowest BCUT2D eigenvalue weighted by Crippen LogP contribution is -2.12. The van der Waals surface area contributed by atoms with Crippen LogP contribution in [0.25, 0.3) is 6.08 Å². The summed E-state index contributed by atoms with van der Waals surface area (Å²) in [6.07, 6.45) is 2.82. The van der Waals surface area contributed by atoms with E-state index in [1.165, 1.54) is 0 Å². The van der Waals surface area contributed by atoms with Crippen LogP contribution in [0.2, 0.25) is 0 Å². The van der Waals surface area contributed by atoms with E-state index in [4.69, 9.17) is 0 Å². The molecule has 2 aromatic rings. The van der Waals surface area contributed by atoms with Crippen LogP contribution < -0.4 is 5.32 Å². The highest BCUT2D eigenvalue weighted by Gasteiger charge is 2.03. The van der Waals surface area contributed by atoms with E-state index < -0.39 is 0 Å². The Kier molecular flexibility index (Phi) is 4.56. The van der Waals surface area contributed by atoms with E-state index in [0.29, 0.717) is 12.8 Å². The van der Waals surface area contributed by atoms with Gasteiger partial charge in [-0.05, 0) is 41.8 Å². The van der Waals surface area contributed by atoms with Crippen molar-refractivity contribution in [1.29, 1.82) is 0 Å². The zero-order valence-corrected chi connectivity index (χ0v) is 11.2. The van der Waals surface area contributed by atoms with Gasteiger partial charge in [0.2, 0.25) is 5.91 Å². The number of phenols is 1. The van der Waals surface area contributed by atoms with Gasteiger partial charge in [-0.2, -0.15) is 0 Å². The fourth-order valence-corrected chi connectivity index (χ4v) is 1.85. The van der Waals surface area contributed by atoms with Gasteiger partial charge in [-0.3, -0.25) is 4.79 Å². The molecule has 0 saturated heterocycles. The fraction of sp³-hybridized carbons (Fsp3) is 0.118. The molecule has 2 rings (SSSR count). The molecule has 3 nitrogen and oxygen atoms in total. The highest BCUT2D eigenvalue weighted by Crippen LogP contribution is 2.13. The molecule has 102 valence electrons. The number of benzene rings is 2. The van der Waals surface area contributed by atoms with E-state index in [2.05, 4.69) is 11.9 Å². The molecule has 0 aliphatic rings. The fourth-order valence-electron chi connectivity index (χ4n) is 1.85. The Hall–Kier alpha value is -2.55. The summed E-state index contributed by atoms with van der Waals surface area (Å²) in [5.74, 6) is 0.213. The number of carbonyl (C=O) groups is 1. The molecule has 0 aliphatic carbocycles. The molecule has 2 aromatic carbocycles. The molecule has 1 amide bonds. The topological polar surface area (TPSA) is 49.3 Å². The number of rotatable bonds is 5. The highest BCUT2D eigenvalue weighted by atomic mass is 16.3. The van der Waals surface area contributed by atoms with Gasteiger partial charge in [-0.15, -0.1) is 0 Å². The Morgan fingerprint density at radius 3 is 2.35 bits per heavy atom. The molecular formula is C17H17NO2. The molecule has 0 bridgehead atoms. The standard InChI is InChI=1S/C17H17NO2/c1-2-13-3-8-15(9-4-13)18-17(20)12-7-14-5-10-16(19)11-6-14/h2-6,8-11,19H,1,7,12H2,(H,18,20). The smallest absolute Gasteiger partial charge is 0.224 e. The lowest BCUT2D eigenvalue weighted by atomic mass is 10.1. The minimum Gasteiger partial charge on any atom is -0.508 e. The average Bonchev–Trinajstić information content (AvgIpc) is 2.47. The van der Waals surface area contributed by atoms with E-state index in [9.17, 15) is 9.90 Å². The Morgan fingerprint density at radius 2 is 1.75 bits per heavy atom. The Bertz CT molecular complexity index is 585. The number of anilines is 1. The number of hydrogen-bond acceptors (Lipinski definition) is 2. The lowest BCUT2D eigenvalue weighted by molar-refractivity contribution is -0.116. The molecule has 0 unspecified atom stereocenters. The van der Waals surface area contributed by atoms with Crippen molar-refractivity contribution < 1.29 is 9.90 Å². The van der Waals surface area contributed by atoms with Crippen LogP contribution in [-0.4, -0.2) is 11.0 Å². The normalized spacial score (nSPS) is 10.0. The molecule has 0 saturated carbocycles. The predicted molar refractivity (Wildman–Crippen MR) is 81.6 cm³/mol. The third-order valence-corrected chi connectivity index (χ3v) is 3.01. The first-order valence-electron chi connectivity index (χ1n) is 6.47. The van der Waals surface area contributed by atoms with Crippen LogP contribution in [-0.2, 0) is 11.2 Å². The van der Waals surface area contributed by atoms with E-state index in [1.54, 1.807) is 18.2 Å². The quantitative estimate of drug-likeness (QED) is 0.869. The van der Waals surface area contributed by atoms with Crippen molar-refractivity contribution in [2.75, 3.05) is 5.32 Å². The van der Waals surface area contributed by atoms with E-state index in [-0.39, 0.29) is 11.7 Å². The zero-order chi connectivity index (χ0) is 14.4. The van der Waals surface area contributed by atoms with Crippen molar-refractivity contribution in [3.05, 3.63) is 66.2 Å². The number of nitrogens with one attached hydrogen (secondary N) is 1. The van der Waals surface area contributed by atoms with Gasteiger partial charge >= 0.3 is 0 Å². The van der Waals surface area contributed by atoms with Gasteiger partial charge in [0.05, 0.1) is 0 Å². The van der Waals surface area contributed by atoms with Crippen LogP contribution >= 0.6 is 0 Å². The van der Waals surface area contributed by atoms with Crippen LogP contribution in [0.1, 0.15) is 17.5 Å². The maximum absolute atomic E-state index is 11.8. The first-order valence-corrected chi connectivity index (χ1v) is 6.47. The number of amides is 1. The monoisotopic (exact) mass is 267 g/mol. The molecule has 0 radical (unpaired) electrons. The van der Waals surface area contributed by atoms with Crippen molar-refractivity contribution in [3.63, 3.8) is 0 Å². The SMILES string of the molecule is C=Cc1ccc(NC(=O)CCc2ccc(O)cc2)cc1. The molecule has 20 heavy (non-hydrogen) atoms. The van der Waals surface area contributed by atoms with Gasteiger partial charge in [-0.25, -0.2) is 0 Å². The van der Waals surface area contributed by atoms with Crippen molar-refractivity contribution in [2.24, 2.45) is 0 Å². The van der Waals surface area contributed by atoms with Crippen molar-refractivity contribution in [2.45, 2.75) is 12.8 Å². The highest BCUT2D eigenvalue weighted by molar-refractivity contribution is 5.90. The molecule has 2 N–H and O–H groups in total. The molecular weight excluding hydrogens is 250 g/mol. The van der Waals surface area contributed by atoms with E-state index in [0.717, 1.165) is 16.8 Å². The van der Waals surface area contributed by atoms with Crippen LogP contribution in [0, 0.1) is 0 Å². The van der Waals surface area contributed by atoms with Crippen LogP contribution in [0.5, 0.6) is 5.75 Å². The summed E-state index contributed by atoms with van der Waals surface area (Å²) in [4.78, 5) is 11.8. The van der Waals surface area contributed by atoms with Gasteiger partial charge in [-0.1, -0.05) is 36.9 Å². The Labute approximate surface area is 118 Å². The van der Waals surface area contributed by atoms with Crippen LogP contribution in [0.3, 0.4) is 0 Å². The number of phenolic OH excluding ortho intramolecular Hbond substituents is 1. The number of carbonyl (C=O) groups excluding carboxylic acids is 1. The summed E-state index contributed by atoms with van der Waals surface area (Å²) in [5.41, 5.74) is 2.83. The Morgan fingerprint density at radius 1 is 1.10 bits per heavy atom.